The lowest BCUT2D eigenvalue weighted by Crippen LogP contribution is -2.34. The molecule has 0 bridgehead atoms. The molecule has 0 aliphatic rings. The number of hydrogen-bond donors (Lipinski definition) is 0. The van der Waals surface area contributed by atoms with E-state index < -0.39 is 34.0 Å². The summed E-state index contributed by atoms with van der Waals surface area (Å²) in [5, 5.41) is 0.778. The van der Waals surface area contributed by atoms with Crippen molar-refractivity contribution >= 4 is 26.9 Å². The third-order valence-corrected chi connectivity index (χ3v) is 6.54. The van der Waals surface area contributed by atoms with Crippen LogP contribution in [0.5, 0.6) is 5.75 Å². The van der Waals surface area contributed by atoms with Gasteiger partial charge in [0.25, 0.3) is 10.0 Å². The minimum Gasteiger partial charge on any atom is -0.493 e. The molecule has 0 fully saturated rings. The molecule has 1 atom stereocenters. The number of benzene rings is 2. The van der Waals surface area contributed by atoms with Gasteiger partial charge in [0.1, 0.15) is 0 Å². The lowest BCUT2D eigenvalue weighted by molar-refractivity contribution is -0.240. The molecule has 0 spiro atoms. The summed E-state index contributed by atoms with van der Waals surface area (Å²) in [4.78, 5) is 15.5. The van der Waals surface area contributed by atoms with Gasteiger partial charge in [0, 0.05) is 30.3 Å². The lowest BCUT2D eigenvalue weighted by atomic mass is 10.0. The Morgan fingerprint density at radius 3 is 2.34 bits per heavy atom. The quantitative estimate of drug-likeness (QED) is 0.397. The Bertz CT molecular complexity index is 1260. The van der Waals surface area contributed by atoms with E-state index in [-0.39, 0.29) is 27.1 Å². The molecular formula is C20H18F4N2O5S. The van der Waals surface area contributed by atoms with Crippen LogP contribution in [0.25, 0.3) is 10.9 Å². The summed E-state index contributed by atoms with van der Waals surface area (Å²) >= 11 is 0. The molecular weight excluding hydrogens is 456 g/mol. The zero-order valence-electron chi connectivity index (χ0n) is 17.1. The summed E-state index contributed by atoms with van der Waals surface area (Å²) in [6.07, 6.45) is -4.04. The summed E-state index contributed by atoms with van der Waals surface area (Å²) in [5.74, 6) is -3.72. The van der Waals surface area contributed by atoms with Crippen molar-refractivity contribution in [3.63, 3.8) is 0 Å². The van der Waals surface area contributed by atoms with Crippen LogP contribution in [0.15, 0.2) is 53.6 Å². The Morgan fingerprint density at radius 2 is 1.78 bits per heavy atom. The number of rotatable bonds is 6. The molecule has 0 aliphatic heterocycles. The van der Waals surface area contributed by atoms with E-state index in [0.717, 1.165) is 24.2 Å². The van der Waals surface area contributed by atoms with Crippen molar-refractivity contribution in [2.75, 3.05) is 14.2 Å². The normalized spacial score (nSPS) is 13.4. The minimum absolute atomic E-state index is 0.00184. The topological polar surface area (TPSA) is 77.8 Å². The van der Waals surface area contributed by atoms with Crippen molar-refractivity contribution in [1.29, 1.82) is 0 Å². The van der Waals surface area contributed by atoms with E-state index in [0.29, 0.717) is 5.06 Å². The highest BCUT2D eigenvalue weighted by Gasteiger charge is 2.43. The highest BCUT2D eigenvalue weighted by molar-refractivity contribution is 7.90. The SMILES string of the molecule is COc1c(F)cc2c(ccn2S(=O)(=O)c2ccccc2)c1C(C)N(C)OC(=O)C(F)(F)F. The Labute approximate surface area is 180 Å². The van der Waals surface area contributed by atoms with Gasteiger partial charge in [-0.3, -0.25) is 0 Å². The van der Waals surface area contributed by atoms with Crippen LogP contribution in [0.2, 0.25) is 0 Å². The van der Waals surface area contributed by atoms with Gasteiger partial charge < -0.3 is 9.57 Å². The number of carbonyl (C=O) groups is 1. The molecule has 3 aromatic rings. The summed E-state index contributed by atoms with van der Waals surface area (Å²) in [6, 6.07) is 8.61. The molecule has 0 aliphatic carbocycles. The first-order chi connectivity index (χ1) is 14.9. The summed E-state index contributed by atoms with van der Waals surface area (Å²) < 4.78 is 84.6. The Balaban J connectivity index is 2.16. The molecule has 172 valence electrons. The number of aromatic nitrogens is 1. The van der Waals surface area contributed by atoms with Crippen LogP contribution in [0.3, 0.4) is 0 Å². The Kier molecular flexibility index (Phi) is 6.20. The van der Waals surface area contributed by atoms with Crippen molar-refractivity contribution in [3.8, 4) is 5.75 Å². The van der Waals surface area contributed by atoms with Crippen molar-refractivity contribution in [3.05, 3.63) is 60.0 Å². The van der Waals surface area contributed by atoms with Gasteiger partial charge in [-0.2, -0.15) is 13.2 Å². The van der Waals surface area contributed by atoms with Crippen LogP contribution in [-0.2, 0) is 19.7 Å². The van der Waals surface area contributed by atoms with Gasteiger partial charge in [-0.05, 0) is 25.1 Å². The number of halogens is 4. The Morgan fingerprint density at radius 1 is 1.16 bits per heavy atom. The highest BCUT2D eigenvalue weighted by Crippen LogP contribution is 2.39. The number of carbonyl (C=O) groups excluding carboxylic acids is 1. The summed E-state index contributed by atoms with van der Waals surface area (Å²) in [6.45, 7) is 1.35. The smallest absolute Gasteiger partial charge is 0.492 e. The van der Waals surface area contributed by atoms with Crippen LogP contribution >= 0.6 is 0 Å². The largest absolute Gasteiger partial charge is 0.493 e. The van der Waals surface area contributed by atoms with Crippen molar-refractivity contribution in [2.45, 2.75) is 24.0 Å². The van der Waals surface area contributed by atoms with E-state index in [2.05, 4.69) is 4.84 Å². The van der Waals surface area contributed by atoms with Gasteiger partial charge in [-0.15, -0.1) is 5.06 Å². The molecule has 7 nitrogen and oxygen atoms in total. The molecule has 0 saturated heterocycles. The second-order valence-corrected chi connectivity index (χ2v) is 8.58. The number of alkyl halides is 3. The second kappa shape index (κ2) is 8.43. The maximum absolute atomic E-state index is 14.9. The molecule has 1 unspecified atom stereocenters. The molecule has 3 rings (SSSR count). The average Bonchev–Trinajstić information content (AvgIpc) is 3.16. The minimum atomic E-state index is -5.23. The first-order valence-electron chi connectivity index (χ1n) is 9.09. The first kappa shape index (κ1) is 23.5. The fraction of sp³-hybridized carbons (Fsp3) is 0.250. The number of hydrogen-bond acceptors (Lipinski definition) is 6. The zero-order valence-corrected chi connectivity index (χ0v) is 17.9. The van der Waals surface area contributed by atoms with Crippen LogP contribution in [0, 0.1) is 5.82 Å². The third kappa shape index (κ3) is 4.15. The lowest BCUT2D eigenvalue weighted by Gasteiger charge is -2.26. The van der Waals surface area contributed by atoms with Gasteiger partial charge in [0.2, 0.25) is 0 Å². The number of fused-ring (bicyclic) bond motifs is 1. The zero-order chi connectivity index (χ0) is 23.8. The number of methoxy groups -OCH3 is 1. The number of nitrogens with zero attached hydrogens (tertiary/aromatic N) is 2. The fourth-order valence-corrected chi connectivity index (χ4v) is 4.57. The van der Waals surface area contributed by atoms with Crippen molar-refractivity contribution in [2.24, 2.45) is 0 Å². The van der Waals surface area contributed by atoms with E-state index in [1.165, 1.54) is 43.5 Å². The highest BCUT2D eigenvalue weighted by atomic mass is 32.2. The molecule has 1 heterocycles. The van der Waals surface area contributed by atoms with Crippen LogP contribution in [0.1, 0.15) is 18.5 Å². The third-order valence-electron chi connectivity index (χ3n) is 4.83. The maximum atomic E-state index is 14.9. The van der Waals surface area contributed by atoms with Gasteiger partial charge in [0.05, 0.1) is 23.6 Å². The Hall–Kier alpha value is -3.12. The predicted molar refractivity (Wildman–Crippen MR) is 106 cm³/mol. The summed E-state index contributed by atoms with van der Waals surface area (Å²) in [7, 11) is -1.89. The summed E-state index contributed by atoms with van der Waals surface area (Å²) in [5.41, 5.74) is -0.0634. The maximum Gasteiger partial charge on any atom is 0.492 e. The molecule has 0 saturated carbocycles. The van der Waals surface area contributed by atoms with Gasteiger partial charge in [0.15, 0.2) is 11.6 Å². The molecule has 32 heavy (non-hydrogen) atoms. The van der Waals surface area contributed by atoms with E-state index in [9.17, 15) is 30.8 Å². The average molecular weight is 474 g/mol. The molecule has 1 aromatic heterocycles. The monoisotopic (exact) mass is 474 g/mol. The number of hydroxylamine groups is 2. The molecule has 0 amide bonds. The fourth-order valence-electron chi connectivity index (χ4n) is 3.21. The van der Waals surface area contributed by atoms with E-state index in [1.807, 2.05) is 0 Å². The first-order valence-corrected chi connectivity index (χ1v) is 10.5. The van der Waals surface area contributed by atoms with Crippen LogP contribution < -0.4 is 4.74 Å². The van der Waals surface area contributed by atoms with Gasteiger partial charge in [-0.1, -0.05) is 18.2 Å². The van der Waals surface area contributed by atoms with Gasteiger partial charge in [-0.25, -0.2) is 21.6 Å². The standard InChI is InChI=1S/C20H18F4N2O5S/c1-12(25(2)31-19(27)20(22,23)24)17-14-9-10-26(16(14)11-15(21)18(17)30-3)32(28,29)13-7-5-4-6-8-13/h4-12H,1-3H3. The van der Waals surface area contributed by atoms with Crippen LogP contribution in [0.4, 0.5) is 17.6 Å². The molecule has 2 aromatic carbocycles. The predicted octanol–water partition coefficient (Wildman–Crippen LogP) is 4.04. The molecule has 0 N–H and O–H groups in total. The second-order valence-electron chi connectivity index (χ2n) is 6.77. The van der Waals surface area contributed by atoms with Crippen LogP contribution in [-0.4, -0.2) is 43.8 Å². The van der Waals surface area contributed by atoms with Crippen molar-refractivity contribution < 1.29 is 40.3 Å². The number of ether oxygens (including phenoxy) is 1. The molecule has 12 heteroatoms. The van der Waals surface area contributed by atoms with E-state index in [1.54, 1.807) is 6.07 Å². The van der Waals surface area contributed by atoms with Gasteiger partial charge >= 0.3 is 12.1 Å². The van der Waals surface area contributed by atoms with E-state index in [4.69, 9.17) is 4.74 Å². The van der Waals surface area contributed by atoms with E-state index >= 15 is 0 Å². The molecule has 0 radical (unpaired) electrons. The van der Waals surface area contributed by atoms with Crippen molar-refractivity contribution in [1.82, 2.24) is 9.04 Å².